The monoisotopic (exact) mass is 343 g/mol. The third-order valence-corrected chi connectivity index (χ3v) is 6.33. The predicted molar refractivity (Wildman–Crippen MR) is 95.9 cm³/mol. The fraction of sp³-hybridized carbons (Fsp3) is 0.700. The van der Waals surface area contributed by atoms with Gasteiger partial charge in [0.25, 0.3) is 0 Å². The number of aliphatic hydroxyl groups is 1. The van der Waals surface area contributed by atoms with Gasteiger partial charge in [-0.2, -0.15) is 0 Å². The number of hydrogen-bond donors (Lipinski definition) is 1. The van der Waals surface area contributed by atoms with E-state index in [9.17, 15) is 9.90 Å². The topological polar surface area (TPSA) is 56.7 Å². The molecule has 25 heavy (non-hydrogen) atoms. The minimum absolute atomic E-state index is 0.177. The SMILES string of the molecule is O=C(CN1CCCCCC1)N1C2CCC1CC(O)(c1ccncc1)C2. The number of rotatable bonds is 3. The van der Waals surface area contributed by atoms with Crippen molar-refractivity contribution >= 4 is 5.91 Å². The van der Waals surface area contributed by atoms with E-state index in [1.165, 1.54) is 25.7 Å². The van der Waals surface area contributed by atoms with Crippen molar-refractivity contribution in [1.82, 2.24) is 14.8 Å². The lowest BCUT2D eigenvalue weighted by molar-refractivity contribution is -0.143. The van der Waals surface area contributed by atoms with Gasteiger partial charge in [0, 0.05) is 37.3 Å². The minimum atomic E-state index is -0.811. The Kier molecular flexibility index (Phi) is 4.78. The normalized spacial score (nSPS) is 33.2. The van der Waals surface area contributed by atoms with Crippen LogP contribution in [0.4, 0.5) is 0 Å². The maximum absolute atomic E-state index is 13.0. The molecule has 5 heteroatoms. The van der Waals surface area contributed by atoms with Crippen molar-refractivity contribution in [3.63, 3.8) is 0 Å². The molecule has 0 saturated carbocycles. The van der Waals surface area contributed by atoms with Crippen LogP contribution in [0.1, 0.15) is 56.9 Å². The molecule has 2 bridgehead atoms. The number of likely N-dealkylation sites (tertiary alicyclic amines) is 1. The van der Waals surface area contributed by atoms with Gasteiger partial charge in [-0.25, -0.2) is 0 Å². The van der Waals surface area contributed by atoms with Crippen molar-refractivity contribution in [2.24, 2.45) is 0 Å². The van der Waals surface area contributed by atoms with Gasteiger partial charge in [0.15, 0.2) is 0 Å². The van der Waals surface area contributed by atoms with Gasteiger partial charge < -0.3 is 10.0 Å². The highest BCUT2D eigenvalue weighted by molar-refractivity contribution is 5.79. The molecule has 136 valence electrons. The van der Waals surface area contributed by atoms with E-state index in [1.807, 2.05) is 12.1 Å². The fourth-order valence-electron chi connectivity index (χ4n) is 5.10. The number of hydrogen-bond acceptors (Lipinski definition) is 4. The summed E-state index contributed by atoms with van der Waals surface area (Å²) in [4.78, 5) is 21.5. The van der Waals surface area contributed by atoms with Crippen LogP contribution in [0.15, 0.2) is 24.5 Å². The Balaban J connectivity index is 1.44. The fourth-order valence-corrected chi connectivity index (χ4v) is 5.10. The molecular formula is C20H29N3O2. The molecule has 0 aliphatic carbocycles. The van der Waals surface area contributed by atoms with Crippen molar-refractivity contribution < 1.29 is 9.90 Å². The number of nitrogens with zero attached hydrogens (tertiary/aromatic N) is 3. The van der Waals surface area contributed by atoms with Crippen LogP contribution < -0.4 is 0 Å². The Morgan fingerprint density at radius 3 is 2.28 bits per heavy atom. The summed E-state index contributed by atoms with van der Waals surface area (Å²) in [6, 6.07) is 4.18. The largest absolute Gasteiger partial charge is 0.385 e. The highest BCUT2D eigenvalue weighted by Crippen LogP contribution is 2.45. The van der Waals surface area contributed by atoms with Gasteiger partial charge in [0.05, 0.1) is 12.1 Å². The summed E-state index contributed by atoms with van der Waals surface area (Å²) < 4.78 is 0. The summed E-state index contributed by atoms with van der Waals surface area (Å²) in [5, 5.41) is 11.2. The van der Waals surface area contributed by atoms with Gasteiger partial charge in [-0.05, 0) is 56.5 Å². The number of amides is 1. The molecule has 2 atom stereocenters. The van der Waals surface area contributed by atoms with Crippen molar-refractivity contribution in [2.75, 3.05) is 19.6 Å². The number of carbonyl (C=O) groups is 1. The van der Waals surface area contributed by atoms with E-state index in [0.29, 0.717) is 19.4 Å². The average molecular weight is 343 g/mol. The van der Waals surface area contributed by atoms with Gasteiger partial charge in [-0.3, -0.25) is 14.7 Å². The van der Waals surface area contributed by atoms with Gasteiger partial charge in [-0.15, -0.1) is 0 Å². The lowest BCUT2D eigenvalue weighted by atomic mass is 9.81. The van der Waals surface area contributed by atoms with Gasteiger partial charge in [0.2, 0.25) is 5.91 Å². The molecule has 3 aliphatic heterocycles. The third kappa shape index (κ3) is 3.44. The number of aromatic nitrogens is 1. The van der Waals surface area contributed by atoms with Crippen LogP contribution >= 0.6 is 0 Å². The zero-order chi connectivity index (χ0) is 17.3. The Labute approximate surface area is 150 Å². The lowest BCUT2D eigenvalue weighted by Crippen LogP contribution is -2.54. The molecule has 3 saturated heterocycles. The van der Waals surface area contributed by atoms with Crippen LogP contribution in [-0.2, 0) is 10.4 Å². The summed E-state index contributed by atoms with van der Waals surface area (Å²) in [6.45, 7) is 2.66. The quantitative estimate of drug-likeness (QED) is 0.915. The van der Waals surface area contributed by atoms with Crippen LogP contribution in [0.25, 0.3) is 0 Å². The minimum Gasteiger partial charge on any atom is -0.385 e. The van der Waals surface area contributed by atoms with E-state index in [-0.39, 0.29) is 18.0 Å². The average Bonchev–Trinajstić information content (AvgIpc) is 2.80. The zero-order valence-corrected chi connectivity index (χ0v) is 14.9. The second-order valence-electron chi connectivity index (χ2n) is 8.05. The van der Waals surface area contributed by atoms with Crippen LogP contribution in [0.3, 0.4) is 0 Å². The summed E-state index contributed by atoms with van der Waals surface area (Å²) in [6.07, 6.45) is 11.8. The van der Waals surface area contributed by atoms with E-state index < -0.39 is 5.60 Å². The number of piperidine rings is 1. The van der Waals surface area contributed by atoms with E-state index >= 15 is 0 Å². The molecule has 3 fully saturated rings. The molecule has 3 aliphatic rings. The van der Waals surface area contributed by atoms with Crippen LogP contribution in [0.2, 0.25) is 0 Å². The Hall–Kier alpha value is -1.46. The van der Waals surface area contributed by atoms with Crippen molar-refractivity contribution in [2.45, 2.75) is 69.1 Å². The number of carbonyl (C=O) groups excluding carboxylic acids is 1. The standard InChI is InChI=1S/C20H29N3O2/c24-19(15-22-11-3-1-2-4-12-22)23-17-5-6-18(23)14-20(25,13-17)16-7-9-21-10-8-16/h7-10,17-18,25H,1-6,11-15H2. The molecule has 0 spiro atoms. The molecule has 0 radical (unpaired) electrons. The smallest absolute Gasteiger partial charge is 0.237 e. The summed E-state index contributed by atoms with van der Waals surface area (Å²) >= 11 is 0. The molecular weight excluding hydrogens is 314 g/mol. The molecule has 2 unspecified atom stereocenters. The van der Waals surface area contributed by atoms with E-state index in [0.717, 1.165) is 31.5 Å². The molecule has 1 amide bonds. The van der Waals surface area contributed by atoms with E-state index in [1.54, 1.807) is 12.4 Å². The Morgan fingerprint density at radius 2 is 1.68 bits per heavy atom. The summed E-state index contributed by atoms with van der Waals surface area (Å²) in [5.41, 5.74) is 0.132. The van der Waals surface area contributed by atoms with Gasteiger partial charge >= 0.3 is 0 Å². The van der Waals surface area contributed by atoms with E-state index in [4.69, 9.17) is 0 Å². The van der Waals surface area contributed by atoms with E-state index in [2.05, 4.69) is 14.8 Å². The molecule has 5 nitrogen and oxygen atoms in total. The first-order chi connectivity index (χ1) is 12.2. The maximum atomic E-state index is 13.0. The summed E-state index contributed by atoms with van der Waals surface area (Å²) in [5.74, 6) is 0.270. The lowest BCUT2D eigenvalue weighted by Gasteiger charge is -2.44. The molecule has 1 aromatic rings. The number of fused-ring (bicyclic) bond motifs is 2. The van der Waals surface area contributed by atoms with Crippen LogP contribution in [0.5, 0.6) is 0 Å². The molecule has 1 aromatic heterocycles. The highest BCUT2D eigenvalue weighted by Gasteiger charge is 2.49. The first kappa shape index (κ1) is 17.0. The highest BCUT2D eigenvalue weighted by atomic mass is 16.3. The number of pyridine rings is 1. The second kappa shape index (κ2) is 7.04. The third-order valence-electron chi connectivity index (χ3n) is 6.33. The van der Waals surface area contributed by atoms with Crippen molar-refractivity contribution in [3.8, 4) is 0 Å². The first-order valence-electron chi connectivity index (χ1n) is 9.82. The predicted octanol–water partition coefficient (Wildman–Crippen LogP) is 2.30. The molecule has 0 aromatic carbocycles. The van der Waals surface area contributed by atoms with Crippen molar-refractivity contribution in [3.05, 3.63) is 30.1 Å². The van der Waals surface area contributed by atoms with Crippen molar-refractivity contribution in [1.29, 1.82) is 0 Å². The molecule has 4 rings (SSSR count). The maximum Gasteiger partial charge on any atom is 0.237 e. The van der Waals surface area contributed by atoms with Gasteiger partial charge in [0.1, 0.15) is 0 Å². The zero-order valence-electron chi connectivity index (χ0n) is 14.9. The Bertz CT molecular complexity index is 584. The first-order valence-corrected chi connectivity index (χ1v) is 9.82. The molecule has 1 N–H and O–H groups in total. The second-order valence-corrected chi connectivity index (χ2v) is 8.05. The van der Waals surface area contributed by atoms with Crippen LogP contribution in [0, 0.1) is 0 Å². The Morgan fingerprint density at radius 1 is 1.08 bits per heavy atom. The summed E-state index contributed by atoms with van der Waals surface area (Å²) in [7, 11) is 0. The van der Waals surface area contributed by atoms with Crippen LogP contribution in [-0.4, -0.2) is 57.5 Å². The van der Waals surface area contributed by atoms with Gasteiger partial charge in [-0.1, -0.05) is 12.8 Å². The molecule has 4 heterocycles.